The van der Waals surface area contributed by atoms with Gasteiger partial charge in [0.2, 0.25) is 11.8 Å². The van der Waals surface area contributed by atoms with E-state index in [4.69, 9.17) is 9.47 Å². The van der Waals surface area contributed by atoms with Gasteiger partial charge >= 0.3 is 0 Å². The monoisotopic (exact) mass is 464 g/mol. The Morgan fingerprint density at radius 3 is 2.58 bits per heavy atom. The maximum Gasteiger partial charge on any atom is 0.229 e. The van der Waals surface area contributed by atoms with Crippen LogP contribution in [0.3, 0.4) is 0 Å². The first-order chi connectivity index (χ1) is 12.6. The van der Waals surface area contributed by atoms with Gasteiger partial charge in [-0.1, -0.05) is 0 Å². The summed E-state index contributed by atoms with van der Waals surface area (Å²) in [6.07, 6.45) is 0.199. The van der Waals surface area contributed by atoms with Crippen LogP contribution in [-0.4, -0.2) is 31.6 Å². The van der Waals surface area contributed by atoms with E-state index < -0.39 is 0 Å². The number of hydrogen-bond donors (Lipinski definition) is 1. The molecule has 2 aromatic rings. The van der Waals surface area contributed by atoms with Crippen LogP contribution in [0.4, 0.5) is 11.4 Å². The van der Waals surface area contributed by atoms with Gasteiger partial charge in [-0.2, -0.15) is 0 Å². The molecule has 1 fully saturated rings. The number of carbonyl (C=O) groups excluding carboxylic acids is 2. The number of nitrogens with zero attached hydrogens (tertiary/aromatic N) is 1. The Morgan fingerprint density at radius 2 is 1.81 bits per heavy atom. The van der Waals surface area contributed by atoms with Crippen molar-refractivity contribution in [2.24, 2.45) is 5.92 Å². The molecular weight excluding hydrogens is 447 g/mol. The lowest BCUT2D eigenvalue weighted by Gasteiger charge is -2.22. The number of benzene rings is 2. The summed E-state index contributed by atoms with van der Waals surface area (Å²) in [6, 6.07) is 13.0. The molecule has 0 aromatic heterocycles. The third-order valence-electron chi connectivity index (χ3n) is 4.45. The summed E-state index contributed by atoms with van der Waals surface area (Å²) in [6.45, 7) is 1.37. The molecule has 0 spiro atoms. The van der Waals surface area contributed by atoms with Gasteiger partial charge < -0.3 is 19.7 Å². The highest BCUT2D eigenvalue weighted by molar-refractivity contribution is 14.1. The van der Waals surface area contributed by atoms with Gasteiger partial charge in [-0.3, -0.25) is 9.59 Å². The average Bonchev–Trinajstić information content (AvgIpc) is 3.05. The summed E-state index contributed by atoms with van der Waals surface area (Å²) in [4.78, 5) is 26.6. The zero-order valence-corrected chi connectivity index (χ0v) is 16.1. The van der Waals surface area contributed by atoms with Crippen molar-refractivity contribution >= 4 is 45.8 Å². The fraction of sp³-hybridized carbons (Fsp3) is 0.263. The lowest BCUT2D eigenvalue weighted by molar-refractivity contribution is -0.122. The van der Waals surface area contributed by atoms with Gasteiger partial charge in [-0.15, -0.1) is 0 Å². The minimum absolute atomic E-state index is 0.0653. The quantitative estimate of drug-likeness (QED) is 0.710. The molecular formula is C19H17IN2O4. The van der Waals surface area contributed by atoms with Gasteiger partial charge in [0.25, 0.3) is 0 Å². The lowest BCUT2D eigenvalue weighted by atomic mass is 10.1. The number of hydrogen-bond acceptors (Lipinski definition) is 4. The van der Waals surface area contributed by atoms with E-state index in [2.05, 4.69) is 27.9 Å². The first-order valence-electron chi connectivity index (χ1n) is 8.36. The van der Waals surface area contributed by atoms with Crippen LogP contribution in [0.5, 0.6) is 11.5 Å². The van der Waals surface area contributed by atoms with Gasteiger partial charge in [0.1, 0.15) is 13.2 Å². The molecule has 2 aromatic carbocycles. The molecule has 1 N–H and O–H groups in total. The predicted molar refractivity (Wildman–Crippen MR) is 106 cm³/mol. The molecule has 0 bridgehead atoms. The molecule has 0 radical (unpaired) electrons. The molecule has 2 amide bonds. The Labute approximate surface area is 164 Å². The van der Waals surface area contributed by atoms with E-state index in [0.29, 0.717) is 31.3 Å². The molecule has 1 saturated heterocycles. The largest absolute Gasteiger partial charge is 0.486 e. The van der Waals surface area contributed by atoms with E-state index >= 15 is 0 Å². The predicted octanol–water partition coefficient (Wildman–Crippen LogP) is 3.05. The van der Waals surface area contributed by atoms with Crippen molar-refractivity contribution in [3.8, 4) is 11.5 Å². The van der Waals surface area contributed by atoms with Crippen LogP contribution < -0.4 is 19.7 Å². The topological polar surface area (TPSA) is 67.9 Å². The molecule has 2 heterocycles. The maximum absolute atomic E-state index is 12.5. The minimum Gasteiger partial charge on any atom is -0.486 e. The van der Waals surface area contributed by atoms with Gasteiger partial charge in [-0.05, 0) is 59.0 Å². The third kappa shape index (κ3) is 3.48. The molecule has 0 saturated carbocycles. The van der Waals surface area contributed by atoms with Crippen molar-refractivity contribution in [2.45, 2.75) is 6.42 Å². The second kappa shape index (κ2) is 7.14. The summed E-state index contributed by atoms with van der Waals surface area (Å²) in [5, 5.41) is 2.89. The standard InChI is InChI=1S/C19H17IN2O4/c20-13-1-3-14(4-2-13)21-19(24)12-9-18(23)22(11-12)15-5-6-16-17(10-15)26-8-7-25-16/h1-6,10,12H,7-9,11H2,(H,21,24). The summed E-state index contributed by atoms with van der Waals surface area (Å²) in [5.74, 6) is 0.729. The Kier molecular flexibility index (Phi) is 4.71. The van der Waals surface area contributed by atoms with Crippen molar-refractivity contribution in [3.63, 3.8) is 0 Å². The molecule has 4 rings (SSSR count). The molecule has 134 valence electrons. The van der Waals surface area contributed by atoms with Crippen LogP contribution >= 0.6 is 22.6 Å². The molecule has 2 aliphatic rings. The van der Waals surface area contributed by atoms with Gasteiger partial charge in [0, 0.05) is 34.0 Å². The van der Waals surface area contributed by atoms with Crippen molar-refractivity contribution in [1.82, 2.24) is 0 Å². The van der Waals surface area contributed by atoms with Crippen LogP contribution in [0.1, 0.15) is 6.42 Å². The van der Waals surface area contributed by atoms with Gasteiger partial charge in [0.05, 0.1) is 5.92 Å². The number of rotatable bonds is 3. The maximum atomic E-state index is 12.5. The Morgan fingerprint density at radius 1 is 1.08 bits per heavy atom. The Hall–Kier alpha value is -2.29. The molecule has 1 unspecified atom stereocenters. The number of amides is 2. The van der Waals surface area contributed by atoms with E-state index in [-0.39, 0.29) is 24.2 Å². The van der Waals surface area contributed by atoms with Crippen LogP contribution in [0, 0.1) is 9.49 Å². The average molecular weight is 464 g/mol. The highest BCUT2D eigenvalue weighted by atomic mass is 127. The van der Waals surface area contributed by atoms with Gasteiger partial charge in [-0.25, -0.2) is 0 Å². The molecule has 1 atom stereocenters. The highest BCUT2D eigenvalue weighted by Crippen LogP contribution is 2.36. The van der Waals surface area contributed by atoms with Crippen LogP contribution in [-0.2, 0) is 9.59 Å². The number of nitrogens with one attached hydrogen (secondary N) is 1. The highest BCUT2D eigenvalue weighted by Gasteiger charge is 2.35. The number of ether oxygens (including phenoxy) is 2. The van der Waals surface area contributed by atoms with Crippen molar-refractivity contribution < 1.29 is 19.1 Å². The van der Waals surface area contributed by atoms with Crippen molar-refractivity contribution in [3.05, 3.63) is 46.0 Å². The minimum atomic E-state index is -0.380. The molecule has 2 aliphatic heterocycles. The van der Waals surface area contributed by atoms with E-state index in [1.165, 1.54) is 0 Å². The number of carbonyl (C=O) groups is 2. The van der Waals surface area contributed by atoms with Crippen LogP contribution in [0.15, 0.2) is 42.5 Å². The van der Waals surface area contributed by atoms with E-state index in [1.54, 1.807) is 17.0 Å². The molecule has 6 nitrogen and oxygen atoms in total. The lowest BCUT2D eigenvalue weighted by Crippen LogP contribution is -2.28. The number of halogens is 1. The second-order valence-corrected chi connectivity index (χ2v) is 7.48. The number of fused-ring (bicyclic) bond motifs is 1. The Balaban J connectivity index is 1.46. The summed E-state index contributed by atoms with van der Waals surface area (Å²) in [7, 11) is 0. The summed E-state index contributed by atoms with van der Waals surface area (Å²) >= 11 is 2.21. The first-order valence-corrected chi connectivity index (χ1v) is 9.44. The van der Waals surface area contributed by atoms with Crippen molar-refractivity contribution in [2.75, 3.05) is 30.0 Å². The molecule has 7 heteroatoms. The fourth-order valence-electron chi connectivity index (χ4n) is 3.11. The second-order valence-electron chi connectivity index (χ2n) is 6.23. The Bertz CT molecular complexity index is 853. The first kappa shape index (κ1) is 17.1. The summed E-state index contributed by atoms with van der Waals surface area (Å²) in [5.41, 5.74) is 1.46. The van der Waals surface area contributed by atoms with E-state index in [0.717, 1.165) is 14.9 Å². The zero-order valence-electron chi connectivity index (χ0n) is 13.9. The molecule has 0 aliphatic carbocycles. The van der Waals surface area contributed by atoms with Gasteiger partial charge in [0.15, 0.2) is 11.5 Å². The number of anilines is 2. The van der Waals surface area contributed by atoms with Crippen LogP contribution in [0.2, 0.25) is 0 Å². The normalized spacial score (nSPS) is 18.7. The van der Waals surface area contributed by atoms with E-state index in [9.17, 15) is 9.59 Å². The van der Waals surface area contributed by atoms with E-state index in [1.807, 2.05) is 30.3 Å². The van der Waals surface area contributed by atoms with Crippen molar-refractivity contribution in [1.29, 1.82) is 0 Å². The SMILES string of the molecule is O=C(Nc1ccc(I)cc1)C1CC(=O)N(c2ccc3c(c2)OCCO3)C1. The summed E-state index contributed by atoms with van der Waals surface area (Å²) < 4.78 is 12.2. The van der Waals surface area contributed by atoms with Crippen LogP contribution in [0.25, 0.3) is 0 Å². The zero-order chi connectivity index (χ0) is 18.1. The fourth-order valence-corrected chi connectivity index (χ4v) is 3.47. The smallest absolute Gasteiger partial charge is 0.229 e. The third-order valence-corrected chi connectivity index (χ3v) is 5.16. The molecule has 26 heavy (non-hydrogen) atoms.